The SMILES string of the molecule is COc1cc(OCCCC[As](C)C2CCC(OC(=O)C(O)(c3cccs3)c3cccs3)CC2)c(Cl)cc1CNC[C@@H](O)c1ccc(O)c2[nH]c(=O)ccc12. The molecule has 2 atom stereocenters. The van der Waals surface area contributed by atoms with Crippen molar-refractivity contribution < 1.29 is 34.3 Å². The number of aliphatic hydroxyl groups excluding tert-OH is 1. The predicted molar refractivity (Wildman–Crippen MR) is 216 cm³/mol. The van der Waals surface area contributed by atoms with Crippen LogP contribution >= 0.6 is 34.3 Å². The molecule has 288 valence electrons. The van der Waals surface area contributed by atoms with Crippen LogP contribution in [0.5, 0.6) is 17.2 Å². The average Bonchev–Trinajstić information content (AvgIpc) is 3.92. The van der Waals surface area contributed by atoms with E-state index in [0.717, 1.165) is 44.1 Å². The molecule has 3 heterocycles. The third kappa shape index (κ3) is 9.36. The molecule has 3 aromatic heterocycles. The van der Waals surface area contributed by atoms with E-state index in [1.54, 1.807) is 37.4 Å². The third-order valence-electron chi connectivity index (χ3n) is 10.0. The van der Waals surface area contributed by atoms with Gasteiger partial charge in [0.15, 0.2) is 0 Å². The van der Waals surface area contributed by atoms with Gasteiger partial charge in [0, 0.05) is 11.5 Å². The monoisotopic (exact) mass is 856 g/mol. The van der Waals surface area contributed by atoms with Gasteiger partial charge in [-0.15, -0.1) is 0 Å². The summed E-state index contributed by atoms with van der Waals surface area (Å²) in [6, 6.07) is 16.9. The number of aromatic amines is 1. The second kappa shape index (κ2) is 18.5. The zero-order chi connectivity index (χ0) is 38.2. The number of nitrogens with one attached hydrogen (secondary N) is 2. The first-order valence-electron chi connectivity index (χ1n) is 18.0. The van der Waals surface area contributed by atoms with Gasteiger partial charge in [-0.1, -0.05) is 6.07 Å². The Morgan fingerprint density at radius 2 is 1.76 bits per heavy atom. The summed E-state index contributed by atoms with van der Waals surface area (Å²) < 4.78 is 18.4. The number of methoxy groups -OCH3 is 1. The van der Waals surface area contributed by atoms with Crippen LogP contribution < -0.4 is 20.3 Å². The average molecular weight is 857 g/mol. The molecule has 1 fully saturated rings. The molecule has 0 saturated heterocycles. The van der Waals surface area contributed by atoms with Gasteiger partial charge < -0.3 is 15.2 Å². The molecular weight excluding hydrogens is 811 g/mol. The van der Waals surface area contributed by atoms with E-state index in [2.05, 4.69) is 16.0 Å². The number of H-pyrrole nitrogens is 1. The molecule has 0 bridgehead atoms. The van der Waals surface area contributed by atoms with Gasteiger partial charge in [-0.2, -0.15) is 0 Å². The first-order chi connectivity index (χ1) is 26.1. The summed E-state index contributed by atoms with van der Waals surface area (Å²) in [6.07, 6.45) is 4.67. The van der Waals surface area contributed by atoms with E-state index in [1.165, 1.54) is 40.0 Å². The van der Waals surface area contributed by atoms with Crippen LogP contribution in [0.3, 0.4) is 0 Å². The second-order valence-corrected chi connectivity index (χ2v) is 21.5. The number of aromatic hydroxyl groups is 1. The predicted octanol–water partition coefficient (Wildman–Crippen LogP) is 7.92. The minimum Gasteiger partial charge on any atom is -0.506 e. The summed E-state index contributed by atoms with van der Waals surface area (Å²) in [5.74, 6) is 0.542. The number of halogens is 1. The van der Waals surface area contributed by atoms with Crippen LogP contribution in [0.15, 0.2) is 76.2 Å². The number of benzene rings is 2. The number of hydrogen-bond acceptors (Lipinski definition) is 11. The van der Waals surface area contributed by atoms with Crippen molar-refractivity contribution in [1.29, 1.82) is 0 Å². The Balaban J connectivity index is 0.917. The number of pyridine rings is 1. The Morgan fingerprint density at radius 1 is 1.04 bits per heavy atom. The van der Waals surface area contributed by atoms with Crippen LogP contribution in [-0.2, 0) is 21.7 Å². The van der Waals surface area contributed by atoms with E-state index in [-0.39, 0.29) is 29.5 Å². The molecular formula is C40H46AsClN2O8S2. The van der Waals surface area contributed by atoms with Gasteiger partial charge in [-0.25, -0.2) is 0 Å². The van der Waals surface area contributed by atoms with E-state index in [9.17, 15) is 24.9 Å². The Hall–Kier alpha value is -3.35. The zero-order valence-electron chi connectivity index (χ0n) is 30.3. The molecule has 5 aromatic rings. The van der Waals surface area contributed by atoms with Crippen LogP contribution in [0, 0.1) is 0 Å². The molecule has 5 N–H and O–H groups in total. The number of rotatable bonds is 17. The molecule has 0 amide bonds. The smallest absolute Gasteiger partial charge is 0.506 e. The number of ether oxygens (including phenoxy) is 3. The summed E-state index contributed by atoms with van der Waals surface area (Å²) in [4.78, 5) is 28.9. The molecule has 2 aromatic carbocycles. The fourth-order valence-electron chi connectivity index (χ4n) is 6.98. The van der Waals surface area contributed by atoms with Crippen molar-refractivity contribution in [2.75, 3.05) is 20.3 Å². The number of fused-ring (bicyclic) bond motifs is 1. The van der Waals surface area contributed by atoms with Crippen LogP contribution in [-0.4, -0.2) is 67.3 Å². The van der Waals surface area contributed by atoms with Crippen molar-refractivity contribution in [2.24, 2.45) is 0 Å². The Morgan fingerprint density at radius 3 is 2.43 bits per heavy atom. The number of hydrogen-bond donors (Lipinski definition) is 5. The molecule has 0 radical (unpaired) electrons. The van der Waals surface area contributed by atoms with Gasteiger partial charge in [0.1, 0.15) is 5.75 Å². The van der Waals surface area contributed by atoms with Gasteiger partial charge in [0.25, 0.3) is 0 Å². The number of esters is 1. The summed E-state index contributed by atoms with van der Waals surface area (Å²) in [7, 11) is 1.59. The van der Waals surface area contributed by atoms with Crippen molar-refractivity contribution >= 4 is 65.8 Å². The van der Waals surface area contributed by atoms with Crippen LogP contribution in [0.25, 0.3) is 10.9 Å². The fourth-order valence-corrected chi connectivity index (χ4v) is 13.7. The van der Waals surface area contributed by atoms with Crippen molar-refractivity contribution in [1.82, 2.24) is 10.3 Å². The number of unbranched alkanes of at least 4 members (excludes halogenated alkanes) is 1. The van der Waals surface area contributed by atoms with E-state index in [1.807, 2.05) is 29.0 Å². The molecule has 14 heteroatoms. The van der Waals surface area contributed by atoms with Crippen LogP contribution in [0.1, 0.15) is 65.5 Å². The Bertz CT molecular complexity index is 2020. The minimum atomic E-state index is -1.76. The molecule has 10 nitrogen and oxygen atoms in total. The number of phenolic OH excluding ortho intramolecular Hbond substituents is 1. The molecule has 1 unspecified atom stereocenters. The maximum absolute atomic E-state index is 13.4. The van der Waals surface area contributed by atoms with Gasteiger partial charge >= 0.3 is 256 Å². The van der Waals surface area contributed by atoms with Gasteiger partial charge in [0.05, 0.1) is 11.6 Å². The molecule has 1 saturated carbocycles. The molecule has 0 spiro atoms. The number of aromatic nitrogens is 1. The van der Waals surface area contributed by atoms with Gasteiger partial charge in [-0.3, -0.25) is 4.79 Å². The molecule has 6 rings (SSSR count). The number of carbonyl (C=O) groups is 1. The molecule has 1 aliphatic carbocycles. The zero-order valence-corrected chi connectivity index (χ0v) is 34.5. The maximum atomic E-state index is 13.4. The van der Waals surface area contributed by atoms with E-state index >= 15 is 0 Å². The summed E-state index contributed by atoms with van der Waals surface area (Å²) in [5, 5.41) is 41.9. The van der Waals surface area contributed by atoms with Gasteiger partial charge in [-0.05, 0) is 17.7 Å². The van der Waals surface area contributed by atoms with Crippen molar-refractivity contribution in [3.05, 3.63) is 108 Å². The number of phenols is 1. The van der Waals surface area contributed by atoms with Crippen molar-refractivity contribution in [3.63, 3.8) is 0 Å². The minimum absolute atomic E-state index is 0.0582. The number of aliphatic hydroxyl groups is 2. The quantitative estimate of drug-likeness (QED) is 0.0357. The van der Waals surface area contributed by atoms with E-state index in [4.69, 9.17) is 25.8 Å². The summed E-state index contributed by atoms with van der Waals surface area (Å²) in [6.45, 7) is 1.14. The Kier molecular flexibility index (Phi) is 13.8. The van der Waals surface area contributed by atoms with Gasteiger partial charge in [0.2, 0.25) is 5.56 Å². The van der Waals surface area contributed by atoms with E-state index in [0.29, 0.717) is 55.1 Å². The normalized spacial score (nSPS) is 17.3. The summed E-state index contributed by atoms with van der Waals surface area (Å²) in [5.41, 5.74) is 2.03. The summed E-state index contributed by atoms with van der Waals surface area (Å²) >= 11 is 8.26. The molecule has 54 heavy (non-hydrogen) atoms. The van der Waals surface area contributed by atoms with Crippen molar-refractivity contribution in [2.45, 2.75) is 78.5 Å². The standard InChI is InChI=1S/C40H46AsClN2O8S2/c1-41(26-9-11-27(12-10-26)52-39(48)40(49,35-7-5-19-53-35)36-8-6-20-54-36)17-3-4-18-51-34-22-33(50-2)25(21-30(34)42)23-43-24-32(46)28-13-15-31(45)38-29(28)14-16-37(47)44-38/h5-8,13-16,19-22,26-27,32,43,45-46,49H,3-4,9-12,17-18,23-24H2,1-2H3,(H,44,47)/t26?,27?,32-,41?/m1/s1. The fraction of sp³-hybridized carbons (Fsp3) is 0.400. The van der Waals surface area contributed by atoms with Crippen molar-refractivity contribution in [3.8, 4) is 17.2 Å². The second-order valence-electron chi connectivity index (χ2n) is 13.6. The molecule has 1 aliphatic rings. The van der Waals surface area contributed by atoms with E-state index < -0.39 is 32.3 Å². The van der Waals surface area contributed by atoms with Crippen LogP contribution in [0.2, 0.25) is 20.6 Å². The van der Waals surface area contributed by atoms with Crippen LogP contribution in [0.4, 0.5) is 0 Å². The first kappa shape index (κ1) is 40.3. The number of thiophene rings is 2. The topological polar surface area (TPSA) is 150 Å². The number of carbonyl (C=O) groups excluding carboxylic acids is 1. The first-order valence-corrected chi connectivity index (χ1v) is 24.5. The third-order valence-corrected chi connectivity index (χ3v) is 18.1. The Labute approximate surface area is 332 Å². The molecule has 0 aliphatic heterocycles.